The van der Waals surface area contributed by atoms with E-state index in [4.69, 9.17) is 0 Å². The van der Waals surface area contributed by atoms with Gasteiger partial charge >= 0.3 is 0 Å². The highest BCUT2D eigenvalue weighted by Gasteiger charge is 1.86. The van der Waals surface area contributed by atoms with Crippen molar-refractivity contribution in [3.8, 4) is 0 Å². The number of hydrogen-bond acceptors (Lipinski definition) is 2. The fourth-order valence-corrected chi connectivity index (χ4v) is 0.197. The summed E-state index contributed by atoms with van der Waals surface area (Å²) in [4.78, 5) is 10.1. The van der Waals surface area contributed by atoms with Gasteiger partial charge < -0.3 is 0 Å². The summed E-state index contributed by atoms with van der Waals surface area (Å²) >= 11 is 0. The molecule has 0 saturated carbocycles. The van der Waals surface area contributed by atoms with Crippen LogP contribution in [0, 0.1) is 0 Å². The number of azo groups is 1. The third-order valence-corrected chi connectivity index (χ3v) is 0.429. The van der Waals surface area contributed by atoms with Crippen molar-refractivity contribution >= 4 is 5.91 Å². The standard InChI is InChI=1S/C5H10N2O/c1-4(2)6-7-5(3)8/h4H,1-3H3. The van der Waals surface area contributed by atoms with E-state index in [1.807, 2.05) is 13.8 Å². The first-order valence-electron chi connectivity index (χ1n) is 2.54. The lowest BCUT2D eigenvalue weighted by Crippen LogP contribution is -1.88. The lowest BCUT2D eigenvalue weighted by Gasteiger charge is -1.87. The Labute approximate surface area is 48.8 Å². The maximum Gasteiger partial charge on any atom is 0.261 e. The number of amides is 1. The molecule has 0 fully saturated rings. The minimum Gasteiger partial charge on any atom is -0.271 e. The van der Waals surface area contributed by atoms with Crippen LogP contribution in [-0.2, 0) is 4.79 Å². The molecule has 0 bridgehead atoms. The highest BCUT2D eigenvalue weighted by atomic mass is 16.1. The smallest absolute Gasteiger partial charge is 0.261 e. The molecule has 0 aliphatic carbocycles. The number of rotatable bonds is 1. The zero-order chi connectivity index (χ0) is 6.57. The quantitative estimate of drug-likeness (QED) is 0.475. The maximum absolute atomic E-state index is 10.1. The van der Waals surface area contributed by atoms with Gasteiger partial charge in [0.2, 0.25) is 0 Å². The van der Waals surface area contributed by atoms with Gasteiger partial charge in [0.05, 0.1) is 6.04 Å². The first kappa shape index (κ1) is 7.27. The topological polar surface area (TPSA) is 41.8 Å². The van der Waals surface area contributed by atoms with E-state index < -0.39 is 0 Å². The molecule has 0 heterocycles. The van der Waals surface area contributed by atoms with Crippen LogP contribution in [0.3, 0.4) is 0 Å². The van der Waals surface area contributed by atoms with Crippen molar-refractivity contribution in [1.29, 1.82) is 0 Å². The average molecular weight is 114 g/mol. The second-order valence-corrected chi connectivity index (χ2v) is 1.83. The maximum atomic E-state index is 10.1. The highest BCUT2D eigenvalue weighted by molar-refractivity contribution is 5.73. The molecule has 0 spiro atoms. The first-order valence-corrected chi connectivity index (χ1v) is 2.54. The van der Waals surface area contributed by atoms with Crippen molar-refractivity contribution in [3.63, 3.8) is 0 Å². The Morgan fingerprint density at radius 3 is 2.12 bits per heavy atom. The number of nitrogens with zero attached hydrogens (tertiary/aromatic N) is 2. The molecule has 0 saturated heterocycles. The predicted octanol–water partition coefficient (Wildman–Crippen LogP) is 1.39. The fourth-order valence-electron chi connectivity index (χ4n) is 0.197. The van der Waals surface area contributed by atoms with Crippen molar-refractivity contribution in [2.45, 2.75) is 26.8 Å². The van der Waals surface area contributed by atoms with Crippen molar-refractivity contribution in [1.82, 2.24) is 0 Å². The van der Waals surface area contributed by atoms with Gasteiger partial charge in [-0.3, -0.25) is 4.79 Å². The van der Waals surface area contributed by atoms with E-state index in [9.17, 15) is 4.79 Å². The second kappa shape index (κ2) is 3.29. The van der Waals surface area contributed by atoms with Crippen molar-refractivity contribution in [3.05, 3.63) is 0 Å². The van der Waals surface area contributed by atoms with Gasteiger partial charge in [-0.25, -0.2) is 0 Å². The molecule has 0 N–H and O–H groups in total. The summed E-state index contributed by atoms with van der Waals surface area (Å²) in [5, 5.41) is 6.91. The average Bonchev–Trinajstić information content (AvgIpc) is 1.61. The molecule has 0 aliphatic rings. The molecule has 8 heavy (non-hydrogen) atoms. The third-order valence-electron chi connectivity index (χ3n) is 0.429. The summed E-state index contributed by atoms with van der Waals surface area (Å²) in [5.74, 6) is -0.237. The van der Waals surface area contributed by atoms with E-state index in [0.29, 0.717) is 0 Å². The summed E-state index contributed by atoms with van der Waals surface area (Å²) in [7, 11) is 0. The molecule has 0 aromatic heterocycles. The normalized spacial score (nSPS) is 11.0. The summed E-state index contributed by atoms with van der Waals surface area (Å²) in [6.45, 7) is 5.12. The summed E-state index contributed by atoms with van der Waals surface area (Å²) in [6, 6.07) is 0.124. The molecule has 0 unspecified atom stereocenters. The highest BCUT2D eigenvalue weighted by Crippen LogP contribution is 1.86. The monoisotopic (exact) mass is 114 g/mol. The van der Waals surface area contributed by atoms with Crippen LogP contribution in [0.2, 0.25) is 0 Å². The minimum absolute atomic E-state index is 0.124. The van der Waals surface area contributed by atoms with Crippen LogP contribution < -0.4 is 0 Å². The summed E-state index contributed by atoms with van der Waals surface area (Å²) in [6.07, 6.45) is 0. The summed E-state index contributed by atoms with van der Waals surface area (Å²) in [5.41, 5.74) is 0. The Balaban J connectivity index is 3.50. The Kier molecular flexibility index (Phi) is 2.99. The van der Waals surface area contributed by atoms with E-state index in [1.165, 1.54) is 6.92 Å². The molecule has 0 radical (unpaired) electrons. The predicted molar refractivity (Wildman–Crippen MR) is 30.7 cm³/mol. The van der Waals surface area contributed by atoms with Gasteiger partial charge in [-0.05, 0) is 13.8 Å². The lowest BCUT2D eigenvalue weighted by atomic mass is 10.4. The summed E-state index contributed by atoms with van der Waals surface area (Å²) < 4.78 is 0. The Hall–Kier alpha value is -0.730. The molecule has 0 aliphatic heterocycles. The zero-order valence-electron chi connectivity index (χ0n) is 5.38. The van der Waals surface area contributed by atoms with E-state index in [0.717, 1.165) is 0 Å². The van der Waals surface area contributed by atoms with E-state index in [2.05, 4.69) is 10.2 Å². The van der Waals surface area contributed by atoms with Crippen LogP contribution >= 0.6 is 0 Å². The van der Waals surface area contributed by atoms with E-state index in [1.54, 1.807) is 0 Å². The van der Waals surface area contributed by atoms with Crippen LogP contribution in [0.5, 0.6) is 0 Å². The minimum atomic E-state index is -0.237. The molecule has 0 atom stereocenters. The molecule has 3 nitrogen and oxygen atoms in total. The molecule has 1 amide bonds. The molecule has 0 rings (SSSR count). The van der Waals surface area contributed by atoms with Crippen LogP contribution in [0.15, 0.2) is 10.2 Å². The Morgan fingerprint density at radius 2 is 2.00 bits per heavy atom. The SMILES string of the molecule is CC(=O)N=NC(C)C. The fraction of sp³-hybridized carbons (Fsp3) is 0.800. The van der Waals surface area contributed by atoms with E-state index in [-0.39, 0.29) is 11.9 Å². The Bertz CT molecular complexity index is 107. The second-order valence-electron chi connectivity index (χ2n) is 1.83. The molecule has 0 aromatic rings. The van der Waals surface area contributed by atoms with E-state index >= 15 is 0 Å². The first-order chi connectivity index (χ1) is 3.63. The van der Waals surface area contributed by atoms with Gasteiger partial charge in [0, 0.05) is 6.92 Å². The molecular formula is C5H10N2O. The van der Waals surface area contributed by atoms with Crippen molar-refractivity contribution < 1.29 is 4.79 Å². The molecule has 3 heteroatoms. The Morgan fingerprint density at radius 1 is 1.50 bits per heavy atom. The molecule has 46 valence electrons. The van der Waals surface area contributed by atoms with Crippen LogP contribution in [0.4, 0.5) is 0 Å². The van der Waals surface area contributed by atoms with Gasteiger partial charge in [-0.1, -0.05) is 0 Å². The van der Waals surface area contributed by atoms with Crippen LogP contribution in [0.1, 0.15) is 20.8 Å². The largest absolute Gasteiger partial charge is 0.271 e. The van der Waals surface area contributed by atoms with Crippen LogP contribution in [0.25, 0.3) is 0 Å². The number of carbonyl (C=O) groups is 1. The van der Waals surface area contributed by atoms with Gasteiger partial charge in [0.1, 0.15) is 0 Å². The number of hydrogen-bond donors (Lipinski definition) is 0. The van der Waals surface area contributed by atoms with Gasteiger partial charge in [-0.2, -0.15) is 5.11 Å². The molecular weight excluding hydrogens is 104 g/mol. The lowest BCUT2D eigenvalue weighted by molar-refractivity contribution is -0.116. The van der Waals surface area contributed by atoms with Crippen molar-refractivity contribution in [2.75, 3.05) is 0 Å². The number of carbonyl (C=O) groups excluding carboxylic acids is 1. The van der Waals surface area contributed by atoms with Crippen molar-refractivity contribution in [2.24, 2.45) is 10.2 Å². The van der Waals surface area contributed by atoms with Gasteiger partial charge in [-0.15, -0.1) is 5.11 Å². The zero-order valence-corrected chi connectivity index (χ0v) is 5.38. The third kappa shape index (κ3) is 5.27. The molecule has 0 aromatic carbocycles. The van der Waals surface area contributed by atoms with Gasteiger partial charge in [0.25, 0.3) is 5.91 Å². The van der Waals surface area contributed by atoms with Crippen LogP contribution in [-0.4, -0.2) is 11.9 Å². The van der Waals surface area contributed by atoms with Gasteiger partial charge in [0.15, 0.2) is 0 Å².